The van der Waals surface area contributed by atoms with Gasteiger partial charge in [0.05, 0.1) is 0 Å². The Morgan fingerprint density at radius 1 is 0.962 bits per heavy atom. The van der Waals surface area contributed by atoms with Gasteiger partial charge in [-0.1, -0.05) is 11.6 Å². The van der Waals surface area contributed by atoms with Crippen molar-refractivity contribution in [2.75, 3.05) is 7.11 Å². The number of rotatable bonds is 3. The predicted octanol–water partition coefficient (Wildman–Crippen LogP) is 5.27. The molecule has 3 aromatic carbocycles. The number of hydrogen-bond donors (Lipinski definition) is 0. The first-order chi connectivity index (χ1) is 12.5. The topological polar surface area (TPSA) is 35.3 Å². The fourth-order valence-electron chi connectivity index (χ4n) is 2.77. The summed E-state index contributed by atoms with van der Waals surface area (Å²) in [5.74, 6) is 1.37. The Kier molecular flexibility index (Phi) is 4.70. The molecule has 0 saturated heterocycles. The van der Waals surface area contributed by atoms with E-state index < -0.39 is 0 Å². The molecule has 128 valence electrons. The van der Waals surface area contributed by atoms with Crippen LogP contribution in [0.3, 0.4) is 0 Å². The molecule has 0 N–H and O–H groups in total. The molecule has 0 spiro atoms. The molecule has 3 nitrogen and oxygen atoms in total. The van der Waals surface area contributed by atoms with E-state index in [9.17, 15) is 0 Å². The van der Waals surface area contributed by atoms with Crippen molar-refractivity contribution in [2.24, 2.45) is 0 Å². The molecule has 0 aliphatic carbocycles. The van der Waals surface area contributed by atoms with E-state index in [0.29, 0.717) is 15.9 Å². The molecule has 4 aromatic rings. The summed E-state index contributed by atoms with van der Waals surface area (Å²) in [6, 6.07) is 17.1. The van der Waals surface area contributed by atoms with Gasteiger partial charge in [0.25, 0.3) is 0 Å². The van der Waals surface area contributed by atoms with Gasteiger partial charge in [0.2, 0.25) is 0 Å². The Bertz CT molecular complexity index is 1120. The van der Waals surface area contributed by atoms with Gasteiger partial charge in [-0.2, -0.15) is 0 Å². The van der Waals surface area contributed by atoms with E-state index >= 15 is 0 Å². The zero-order valence-corrected chi connectivity index (χ0v) is 17.1. The van der Waals surface area contributed by atoms with Crippen molar-refractivity contribution in [3.8, 4) is 28.3 Å². The van der Waals surface area contributed by atoms with Gasteiger partial charge in [0, 0.05) is 0 Å². The molecule has 0 aliphatic rings. The SMILES string of the molecule is COc1ccc(-c2nc3cc(-c4ccc(Cl)cc4Cl)ccc3o2)cc1[As]. The second-order valence-electron chi connectivity index (χ2n) is 5.71. The fraction of sp³-hybridized carbons (Fsp3) is 0.0500. The van der Waals surface area contributed by atoms with Crippen LogP contribution in [0, 0.1) is 0 Å². The van der Waals surface area contributed by atoms with Crippen LogP contribution in [-0.4, -0.2) is 28.9 Å². The van der Waals surface area contributed by atoms with Gasteiger partial charge in [-0.3, -0.25) is 0 Å². The average Bonchev–Trinajstić information content (AvgIpc) is 3.05. The van der Waals surface area contributed by atoms with E-state index in [0.717, 1.165) is 37.9 Å². The average molecular weight is 444 g/mol. The normalized spacial score (nSPS) is 11.1. The summed E-state index contributed by atoms with van der Waals surface area (Å²) in [6.07, 6.45) is 0. The monoisotopic (exact) mass is 443 g/mol. The van der Waals surface area contributed by atoms with Crippen LogP contribution in [0.15, 0.2) is 59.0 Å². The van der Waals surface area contributed by atoms with Gasteiger partial charge >= 0.3 is 158 Å². The second-order valence-corrected chi connectivity index (χ2v) is 7.57. The van der Waals surface area contributed by atoms with Crippen molar-refractivity contribution in [3.63, 3.8) is 0 Å². The van der Waals surface area contributed by atoms with Gasteiger partial charge in [0.15, 0.2) is 0 Å². The number of hydrogen-bond acceptors (Lipinski definition) is 3. The van der Waals surface area contributed by atoms with Crippen molar-refractivity contribution in [1.82, 2.24) is 4.98 Å². The molecule has 2 radical (unpaired) electrons. The third kappa shape index (κ3) is 3.23. The van der Waals surface area contributed by atoms with Crippen molar-refractivity contribution in [3.05, 3.63) is 64.6 Å². The molecule has 0 unspecified atom stereocenters. The molecule has 0 aliphatic heterocycles. The number of methoxy groups -OCH3 is 1. The first-order valence-corrected chi connectivity index (χ1v) is 9.48. The minimum atomic E-state index is 0.564. The van der Waals surface area contributed by atoms with Gasteiger partial charge < -0.3 is 0 Å². The standard InChI is InChI=1S/C20H12AsCl2NO2/c1-25-18-6-3-12(8-15(18)21)20-24-17-9-11(2-7-19(17)26-20)14-5-4-13(22)10-16(14)23/h2-10H,1H3. The number of oxazole rings is 1. The van der Waals surface area contributed by atoms with Gasteiger partial charge in [-0.25, -0.2) is 0 Å². The van der Waals surface area contributed by atoms with E-state index in [1.165, 1.54) is 0 Å². The molecule has 1 heterocycles. The maximum absolute atomic E-state index is 6.32. The summed E-state index contributed by atoms with van der Waals surface area (Å²) in [4.78, 5) is 4.63. The quantitative estimate of drug-likeness (QED) is 0.404. The van der Waals surface area contributed by atoms with Crippen molar-refractivity contribution in [1.29, 1.82) is 0 Å². The van der Waals surface area contributed by atoms with E-state index in [1.807, 2.05) is 48.5 Å². The molecule has 0 bridgehead atoms. The number of fused-ring (bicyclic) bond motifs is 1. The summed E-state index contributed by atoms with van der Waals surface area (Å²) in [5, 5.41) is 1.21. The third-order valence-electron chi connectivity index (χ3n) is 4.06. The van der Waals surface area contributed by atoms with Gasteiger partial charge in [-0.15, -0.1) is 0 Å². The summed E-state index contributed by atoms with van der Waals surface area (Å²) >= 11 is 14.8. The molecule has 0 amide bonds. The molecule has 6 heteroatoms. The van der Waals surface area contributed by atoms with Crippen LogP contribution in [0.5, 0.6) is 5.75 Å². The van der Waals surface area contributed by atoms with Crippen molar-refractivity contribution in [2.45, 2.75) is 0 Å². The molecule has 0 fully saturated rings. The maximum atomic E-state index is 6.32. The Morgan fingerprint density at radius 2 is 1.77 bits per heavy atom. The van der Waals surface area contributed by atoms with E-state index in [2.05, 4.69) is 21.8 Å². The minimum absolute atomic E-state index is 0.564. The summed E-state index contributed by atoms with van der Waals surface area (Å²) < 4.78 is 12.2. The Labute approximate surface area is 169 Å². The molecular weight excluding hydrogens is 432 g/mol. The van der Waals surface area contributed by atoms with Crippen LogP contribution in [-0.2, 0) is 0 Å². The predicted molar refractivity (Wildman–Crippen MR) is 107 cm³/mol. The molecular formula is C20H12AsCl2NO2. The Morgan fingerprint density at radius 3 is 2.50 bits per heavy atom. The van der Waals surface area contributed by atoms with E-state index in [1.54, 1.807) is 13.2 Å². The Balaban J connectivity index is 1.77. The van der Waals surface area contributed by atoms with E-state index in [4.69, 9.17) is 32.4 Å². The number of nitrogens with zero attached hydrogens (tertiary/aromatic N) is 1. The van der Waals surface area contributed by atoms with Crippen LogP contribution < -0.4 is 9.09 Å². The third-order valence-corrected chi connectivity index (χ3v) is 5.34. The number of halogens is 2. The molecule has 1 aromatic heterocycles. The van der Waals surface area contributed by atoms with Crippen molar-refractivity contribution >= 4 is 55.5 Å². The zero-order valence-electron chi connectivity index (χ0n) is 13.7. The fourth-order valence-corrected chi connectivity index (χ4v) is 3.92. The van der Waals surface area contributed by atoms with Gasteiger partial charge in [-0.05, 0) is 0 Å². The summed E-state index contributed by atoms with van der Waals surface area (Å²) in [7, 11) is 1.65. The molecule has 0 saturated carbocycles. The number of benzene rings is 3. The molecule has 26 heavy (non-hydrogen) atoms. The zero-order chi connectivity index (χ0) is 18.3. The van der Waals surface area contributed by atoms with Gasteiger partial charge in [0.1, 0.15) is 0 Å². The number of ether oxygens (including phenoxy) is 1. The first kappa shape index (κ1) is 17.5. The van der Waals surface area contributed by atoms with E-state index in [-0.39, 0.29) is 0 Å². The summed E-state index contributed by atoms with van der Waals surface area (Å²) in [6.45, 7) is 0. The molecule has 4 rings (SSSR count). The van der Waals surface area contributed by atoms with Crippen LogP contribution in [0.25, 0.3) is 33.7 Å². The van der Waals surface area contributed by atoms with Crippen LogP contribution >= 0.6 is 23.2 Å². The summed E-state index contributed by atoms with van der Waals surface area (Å²) in [5.41, 5.74) is 4.24. The number of aromatic nitrogens is 1. The van der Waals surface area contributed by atoms with Crippen LogP contribution in [0.1, 0.15) is 0 Å². The Hall–Kier alpha value is -1.93. The van der Waals surface area contributed by atoms with Crippen molar-refractivity contribution < 1.29 is 9.15 Å². The van der Waals surface area contributed by atoms with Crippen LogP contribution in [0.4, 0.5) is 0 Å². The first-order valence-electron chi connectivity index (χ1n) is 7.78. The molecule has 0 atom stereocenters. The second kappa shape index (κ2) is 7.00. The van der Waals surface area contributed by atoms with Crippen LogP contribution in [0.2, 0.25) is 10.0 Å².